The average Bonchev–Trinajstić information content (AvgIpc) is 2.10. The number of piperidine rings is 1. The highest BCUT2D eigenvalue weighted by Crippen LogP contribution is 2.38. The van der Waals surface area contributed by atoms with Crippen molar-refractivity contribution in [2.75, 3.05) is 6.61 Å². The highest BCUT2D eigenvalue weighted by atomic mass is 16.5. The van der Waals surface area contributed by atoms with Crippen LogP contribution in [0.1, 0.15) is 53.9 Å². The maximum absolute atomic E-state index is 12.0. The Morgan fingerprint density at radius 3 is 2.07 bits per heavy atom. The van der Waals surface area contributed by atoms with Crippen LogP contribution in [0.15, 0.2) is 0 Å². The standard InChI is InChI=1S/C12H24NO2/c1-6-7-15-10-8-11(2,3)13(14)12(4,5)9-10/h10H,6-9H2,1-5H3. The second-order valence-electron chi connectivity index (χ2n) is 5.82. The summed E-state index contributed by atoms with van der Waals surface area (Å²) in [7, 11) is 0. The maximum Gasteiger partial charge on any atom is 0.0611 e. The predicted octanol–water partition coefficient (Wildman–Crippen LogP) is 2.78. The Hall–Kier alpha value is -0.120. The van der Waals surface area contributed by atoms with Gasteiger partial charge in [0.1, 0.15) is 0 Å². The van der Waals surface area contributed by atoms with Crippen LogP contribution >= 0.6 is 0 Å². The lowest BCUT2D eigenvalue weighted by Gasteiger charge is -2.49. The molecule has 1 aliphatic rings. The molecule has 0 aromatic carbocycles. The number of ether oxygens (including phenoxy) is 1. The van der Waals surface area contributed by atoms with E-state index in [1.807, 2.05) is 27.7 Å². The summed E-state index contributed by atoms with van der Waals surface area (Å²) in [6, 6.07) is 0. The third-order valence-corrected chi connectivity index (χ3v) is 3.11. The lowest BCUT2D eigenvalue weighted by atomic mass is 9.80. The van der Waals surface area contributed by atoms with Crippen LogP contribution in [-0.2, 0) is 9.94 Å². The topological polar surface area (TPSA) is 32.4 Å². The zero-order valence-electron chi connectivity index (χ0n) is 10.7. The van der Waals surface area contributed by atoms with Crippen molar-refractivity contribution in [3.63, 3.8) is 0 Å². The monoisotopic (exact) mass is 214 g/mol. The van der Waals surface area contributed by atoms with Gasteiger partial charge in [-0.3, -0.25) is 0 Å². The van der Waals surface area contributed by atoms with E-state index in [4.69, 9.17) is 4.74 Å². The molecule has 0 bridgehead atoms. The van der Waals surface area contributed by atoms with E-state index in [0.717, 1.165) is 25.9 Å². The van der Waals surface area contributed by atoms with Gasteiger partial charge in [0.2, 0.25) is 0 Å². The van der Waals surface area contributed by atoms with Gasteiger partial charge in [0, 0.05) is 17.7 Å². The first-order valence-corrected chi connectivity index (χ1v) is 5.88. The van der Waals surface area contributed by atoms with Crippen molar-refractivity contribution in [3.05, 3.63) is 0 Å². The molecule has 1 fully saturated rings. The van der Waals surface area contributed by atoms with E-state index in [-0.39, 0.29) is 17.2 Å². The Bertz CT molecular complexity index is 196. The fourth-order valence-corrected chi connectivity index (χ4v) is 2.57. The van der Waals surface area contributed by atoms with Crippen LogP contribution in [0.2, 0.25) is 0 Å². The Balaban J connectivity index is 2.66. The first-order valence-electron chi connectivity index (χ1n) is 5.88. The van der Waals surface area contributed by atoms with Crippen LogP contribution in [0.4, 0.5) is 0 Å². The minimum Gasteiger partial charge on any atom is -0.378 e. The minimum atomic E-state index is -0.305. The molecule has 1 rings (SSSR count). The third-order valence-electron chi connectivity index (χ3n) is 3.11. The molecule has 0 unspecified atom stereocenters. The second-order valence-corrected chi connectivity index (χ2v) is 5.82. The number of hydrogen-bond donors (Lipinski definition) is 0. The van der Waals surface area contributed by atoms with Gasteiger partial charge in [-0.15, -0.1) is 10.3 Å². The smallest absolute Gasteiger partial charge is 0.0611 e. The zero-order valence-corrected chi connectivity index (χ0v) is 10.7. The Kier molecular flexibility index (Phi) is 3.80. The fourth-order valence-electron chi connectivity index (χ4n) is 2.57. The van der Waals surface area contributed by atoms with Gasteiger partial charge in [-0.2, -0.15) is 0 Å². The largest absolute Gasteiger partial charge is 0.378 e. The number of nitrogens with zero attached hydrogens (tertiary/aromatic N) is 1. The molecule has 89 valence electrons. The molecule has 1 saturated heterocycles. The van der Waals surface area contributed by atoms with Crippen molar-refractivity contribution >= 4 is 0 Å². The van der Waals surface area contributed by atoms with Gasteiger partial charge in [-0.05, 0) is 47.0 Å². The van der Waals surface area contributed by atoms with Crippen molar-refractivity contribution < 1.29 is 9.94 Å². The third kappa shape index (κ3) is 2.92. The van der Waals surface area contributed by atoms with E-state index in [0.29, 0.717) is 0 Å². The van der Waals surface area contributed by atoms with E-state index >= 15 is 0 Å². The van der Waals surface area contributed by atoms with E-state index in [9.17, 15) is 5.21 Å². The highest BCUT2D eigenvalue weighted by Gasteiger charge is 2.46. The van der Waals surface area contributed by atoms with Crippen LogP contribution in [0, 0.1) is 0 Å². The van der Waals surface area contributed by atoms with E-state index < -0.39 is 0 Å². The minimum absolute atomic E-state index is 0.236. The van der Waals surface area contributed by atoms with Gasteiger partial charge in [-0.25, -0.2) is 0 Å². The summed E-state index contributed by atoms with van der Waals surface area (Å²) >= 11 is 0. The van der Waals surface area contributed by atoms with Crippen molar-refractivity contribution in [1.29, 1.82) is 0 Å². The zero-order chi connectivity index (χ0) is 11.7. The SMILES string of the molecule is CCCOC1CC(C)(C)N([O])C(C)(C)C1. The quantitative estimate of drug-likeness (QED) is 0.723. The molecule has 0 aromatic rings. The molecule has 0 aromatic heterocycles. The molecule has 1 aliphatic heterocycles. The van der Waals surface area contributed by atoms with Gasteiger partial charge < -0.3 is 4.74 Å². The normalized spacial score (nSPS) is 26.8. The van der Waals surface area contributed by atoms with Gasteiger partial charge in [-0.1, -0.05) is 6.92 Å². The molecule has 15 heavy (non-hydrogen) atoms. The highest BCUT2D eigenvalue weighted by molar-refractivity contribution is 4.96. The van der Waals surface area contributed by atoms with Crippen molar-refractivity contribution in [3.8, 4) is 0 Å². The molecule has 3 heteroatoms. The molecule has 0 amide bonds. The lowest BCUT2D eigenvalue weighted by Crippen LogP contribution is -2.59. The Morgan fingerprint density at radius 1 is 1.20 bits per heavy atom. The van der Waals surface area contributed by atoms with Gasteiger partial charge in [0.25, 0.3) is 0 Å². The average molecular weight is 214 g/mol. The van der Waals surface area contributed by atoms with Gasteiger partial charge in [0.05, 0.1) is 6.10 Å². The molecule has 1 radical (unpaired) electrons. The van der Waals surface area contributed by atoms with Crippen molar-refractivity contribution in [2.45, 2.75) is 71.1 Å². The van der Waals surface area contributed by atoms with Crippen LogP contribution in [0.3, 0.4) is 0 Å². The summed E-state index contributed by atoms with van der Waals surface area (Å²) in [5.41, 5.74) is -0.611. The Labute approximate surface area is 93.4 Å². The summed E-state index contributed by atoms with van der Waals surface area (Å²) in [5.74, 6) is 0. The van der Waals surface area contributed by atoms with Gasteiger partial charge in [0.15, 0.2) is 0 Å². The van der Waals surface area contributed by atoms with Crippen LogP contribution < -0.4 is 0 Å². The first kappa shape index (κ1) is 12.9. The summed E-state index contributed by atoms with van der Waals surface area (Å²) in [5, 5.41) is 13.3. The molecule has 3 nitrogen and oxygen atoms in total. The second kappa shape index (κ2) is 4.40. The van der Waals surface area contributed by atoms with Crippen LogP contribution in [0.5, 0.6) is 0 Å². The summed E-state index contributed by atoms with van der Waals surface area (Å²) in [6.45, 7) is 10.9. The molecule has 1 heterocycles. The molecule has 0 aliphatic carbocycles. The van der Waals surface area contributed by atoms with Gasteiger partial charge >= 0.3 is 0 Å². The molecular formula is C12H24NO2. The molecule has 0 atom stereocenters. The summed E-state index contributed by atoms with van der Waals surface area (Å²) in [6.07, 6.45) is 2.94. The maximum atomic E-state index is 12.0. The predicted molar refractivity (Wildman–Crippen MR) is 59.9 cm³/mol. The van der Waals surface area contributed by atoms with Crippen molar-refractivity contribution in [2.24, 2.45) is 0 Å². The molecule has 0 spiro atoms. The number of hydrogen-bond acceptors (Lipinski definition) is 2. The molecule has 0 saturated carbocycles. The molecule has 0 N–H and O–H groups in total. The first-order chi connectivity index (χ1) is 6.79. The number of rotatable bonds is 3. The fraction of sp³-hybridized carbons (Fsp3) is 1.00. The Morgan fingerprint density at radius 2 is 1.67 bits per heavy atom. The summed E-state index contributed by atoms with van der Waals surface area (Å²) in [4.78, 5) is 0. The van der Waals surface area contributed by atoms with Crippen LogP contribution in [-0.4, -0.2) is 28.9 Å². The molecular weight excluding hydrogens is 190 g/mol. The number of hydroxylamine groups is 2. The van der Waals surface area contributed by atoms with Crippen molar-refractivity contribution in [1.82, 2.24) is 5.06 Å². The summed E-state index contributed by atoms with van der Waals surface area (Å²) < 4.78 is 5.79. The van der Waals surface area contributed by atoms with E-state index in [1.54, 1.807) is 0 Å². The van der Waals surface area contributed by atoms with E-state index in [2.05, 4.69) is 6.92 Å². The van der Waals surface area contributed by atoms with Crippen LogP contribution in [0.25, 0.3) is 0 Å². The van der Waals surface area contributed by atoms with E-state index in [1.165, 1.54) is 5.06 Å². The lowest BCUT2D eigenvalue weighted by molar-refractivity contribution is -0.301.